The van der Waals surface area contributed by atoms with Crippen LogP contribution in [0.15, 0.2) is 48.5 Å². The first-order valence-electron chi connectivity index (χ1n) is 8.13. The first kappa shape index (κ1) is 17.1. The van der Waals surface area contributed by atoms with Gasteiger partial charge in [-0.15, -0.1) is 0 Å². The second-order valence-electron chi connectivity index (χ2n) is 5.93. The number of nitrogens with zero attached hydrogens (tertiary/aromatic N) is 1. The molecule has 0 fully saturated rings. The van der Waals surface area contributed by atoms with E-state index in [9.17, 15) is 14.7 Å². The number of rotatable bonds is 6. The van der Waals surface area contributed by atoms with Gasteiger partial charge in [-0.1, -0.05) is 55.5 Å². The molecule has 3 N–H and O–H groups in total. The summed E-state index contributed by atoms with van der Waals surface area (Å²) in [6, 6.07) is 14.4. The first-order chi connectivity index (χ1) is 12.0. The number of carbonyl (C=O) groups is 2. The van der Waals surface area contributed by atoms with E-state index in [1.54, 1.807) is 6.92 Å². The number of nitrogens with two attached hydrogens (primary N) is 1. The van der Waals surface area contributed by atoms with Gasteiger partial charge in [0.05, 0.1) is 0 Å². The maximum atomic E-state index is 12.2. The Kier molecular flexibility index (Phi) is 4.83. The minimum absolute atomic E-state index is 0.0776. The maximum Gasteiger partial charge on any atom is 0.336 e. The molecule has 1 aliphatic rings. The minimum Gasteiger partial charge on any atom is -0.480 e. The van der Waals surface area contributed by atoms with E-state index in [0.717, 1.165) is 27.3 Å². The molecule has 2 aromatic carbocycles. The van der Waals surface area contributed by atoms with Gasteiger partial charge in [0, 0.05) is 12.5 Å². The second kappa shape index (κ2) is 7.04. The SMILES string of the molecule is CCN(N)C(C(=O)O)C(=O)OCC1c2ccccc2-c2ccccc21. The van der Waals surface area contributed by atoms with Gasteiger partial charge in [-0.3, -0.25) is 5.84 Å². The molecule has 0 saturated heterocycles. The predicted octanol–water partition coefficient (Wildman–Crippen LogP) is 1.99. The van der Waals surface area contributed by atoms with Crippen LogP contribution in [0.25, 0.3) is 11.1 Å². The predicted molar refractivity (Wildman–Crippen MR) is 92.7 cm³/mol. The van der Waals surface area contributed by atoms with Crippen molar-refractivity contribution in [2.75, 3.05) is 13.2 Å². The molecule has 130 valence electrons. The molecule has 6 nitrogen and oxygen atoms in total. The van der Waals surface area contributed by atoms with Crippen molar-refractivity contribution >= 4 is 11.9 Å². The molecule has 0 heterocycles. The van der Waals surface area contributed by atoms with Gasteiger partial charge in [-0.05, 0) is 22.3 Å². The molecule has 0 aliphatic heterocycles. The lowest BCUT2D eigenvalue weighted by atomic mass is 9.98. The van der Waals surface area contributed by atoms with Crippen LogP contribution in [0.2, 0.25) is 0 Å². The third-order valence-corrected chi connectivity index (χ3v) is 4.51. The average molecular weight is 340 g/mol. The van der Waals surface area contributed by atoms with Crippen LogP contribution in [0.4, 0.5) is 0 Å². The van der Waals surface area contributed by atoms with Crippen molar-refractivity contribution in [1.29, 1.82) is 0 Å². The van der Waals surface area contributed by atoms with Crippen molar-refractivity contribution in [3.8, 4) is 11.1 Å². The Morgan fingerprint density at radius 3 is 2.12 bits per heavy atom. The lowest BCUT2D eigenvalue weighted by molar-refractivity contribution is -0.161. The number of carboxylic acid groups (broad SMARTS) is 1. The van der Waals surface area contributed by atoms with Gasteiger partial charge in [-0.25, -0.2) is 14.6 Å². The molecule has 3 rings (SSSR count). The van der Waals surface area contributed by atoms with Gasteiger partial charge in [0.15, 0.2) is 0 Å². The highest BCUT2D eigenvalue weighted by molar-refractivity contribution is 5.98. The molecule has 0 aromatic heterocycles. The summed E-state index contributed by atoms with van der Waals surface area (Å²) in [5.74, 6) is 3.33. The zero-order chi connectivity index (χ0) is 18.0. The van der Waals surface area contributed by atoms with Crippen LogP contribution in [-0.2, 0) is 14.3 Å². The third kappa shape index (κ3) is 3.14. The van der Waals surface area contributed by atoms with E-state index in [1.165, 1.54) is 0 Å². The largest absolute Gasteiger partial charge is 0.480 e. The summed E-state index contributed by atoms with van der Waals surface area (Å²) in [6.45, 7) is 1.97. The number of ether oxygens (including phenoxy) is 1. The standard InChI is InChI=1S/C19H20N2O4/c1-2-21(20)17(18(22)23)19(24)25-11-16-14-9-5-3-7-12(14)13-8-4-6-10-15(13)16/h3-10,16-17H,2,11,20H2,1H3,(H,22,23). The molecule has 2 aromatic rings. The van der Waals surface area contributed by atoms with Crippen molar-refractivity contribution in [2.45, 2.75) is 18.9 Å². The van der Waals surface area contributed by atoms with Crippen LogP contribution in [0, 0.1) is 0 Å². The molecule has 25 heavy (non-hydrogen) atoms. The molecule has 0 radical (unpaired) electrons. The molecule has 6 heteroatoms. The van der Waals surface area contributed by atoms with E-state index in [1.807, 2.05) is 48.5 Å². The van der Waals surface area contributed by atoms with Gasteiger partial charge in [-0.2, -0.15) is 0 Å². The monoisotopic (exact) mass is 340 g/mol. The summed E-state index contributed by atoms with van der Waals surface area (Å²) < 4.78 is 5.34. The van der Waals surface area contributed by atoms with Crippen molar-refractivity contribution in [1.82, 2.24) is 5.01 Å². The van der Waals surface area contributed by atoms with Crippen molar-refractivity contribution in [3.63, 3.8) is 0 Å². The molecule has 0 bridgehead atoms. The highest BCUT2D eigenvalue weighted by Gasteiger charge is 2.34. The number of hydrazine groups is 1. The van der Waals surface area contributed by atoms with Crippen LogP contribution < -0.4 is 5.84 Å². The van der Waals surface area contributed by atoms with E-state index in [0.29, 0.717) is 0 Å². The minimum atomic E-state index is -1.50. The number of hydrogen-bond donors (Lipinski definition) is 2. The van der Waals surface area contributed by atoms with Crippen LogP contribution >= 0.6 is 0 Å². The van der Waals surface area contributed by atoms with E-state index < -0.39 is 18.0 Å². The molecular weight excluding hydrogens is 320 g/mol. The number of carboxylic acids is 1. The number of hydrogen-bond acceptors (Lipinski definition) is 5. The Bertz CT molecular complexity index is 760. The van der Waals surface area contributed by atoms with Gasteiger partial charge >= 0.3 is 11.9 Å². The van der Waals surface area contributed by atoms with Gasteiger partial charge in [0.2, 0.25) is 6.04 Å². The molecule has 0 amide bonds. The van der Waals surface area contributed by atoms with Crippen LogP contribution in [-0.4, -0.2) is 41.2 Å². The number of esters is 1. The summed E-state index contributed by atoms with van der Waals surface area (Å²) in [7, 11) is 0. The Hall–Kier alpha value is -2.70. The van der Waals surface area contributed by atoms with E-state index >= 15 is 0 Å². The van der Waals surface area contributed by atoms with Gasteiger partial charge < -0.3 is 9.84 Å². The van der Waals surface area contributed by atoms with Crippen molar-refractivity contribution in [2.24, 2.45) is 5.84 Å². The summed E-state index contributed by atoms with van der Waals surface area (Å²) in [5.41, 5.74) is 4.37. The van der Waals surface area contributed by atoms with Crippen LogP contribution in [0.1, 0.15) is 24.0 Å². The topological polar surface area (TPSA) is 92.9 Å². The normalized spacial score (nSPS) is 14.0. The Morgan fingerprint density at radius 1 is 1.12 bits per heavy atom. The smallest absolute Gasteiger partial charge is 0.336 e. The third-order valence-electron chi connectivity index (χ3n) is 4.51. The summed E-state index contributed by atoms with van der Waals surface area (Å²) in [6.07, 6.45) is 0. The van der Waals surface area contributed by atoms with E-state index in [-0.39, 0.29) is 19.1 Å². The number of benzene rings is 2. The number of fused-ring (bicyclic) bond motifs is 3. The highest BCUT2D eigenvalue weighted by atomic mass is 16.5. The van der Waals surface area contributed by atoms with Crippen molar-refractivity contribution < 1.29 is 19.4 Å². The second-order valence-corrected chi connectivity index (χ2v) is 5.93. The highest BCUT2D eigenvalue weighted by Crippen LogP contribution is 2.44. The Morgan fingerprint density at radius 2 is 1.64 bits per heavy atom. The summed E-state index contributed by atoms with van der Waals surface area (Å²) in [5, 5.41) is 10.2. The first-order valence-corrected chi connectivity index (χ1v) is 8.13. The molecule has 1 atom stereocenters. The zero-order valence-corrected chi connectivity index (χ0v) is 13.9. The quantitative estimate of drug-likeness (QED) is 0.362. The zero-order valence-electron chi connectivity index (χ0n) is 13.9. The van der Waals surface area contributed by atoms with Gasteiger partial charge in [0.1, 0.15) is 6.61 Å². The fraction of sp³-hybridized carbons (Fsp3) is 0.263. The Labute approximate surface area is 145 Å². The molecule has 0 saturated carbocycles. The molecule has 0 spiro atoms. The fourth-order valence-corrected chi connectivity index (χ4v) is 3.24. The number of aliphatic carboxylic acids is 1. The Balaban J connectivity index is 1.82. The fourth-order valence-electron chi connectivity index (χ4n) is 3.24. The maximum absolute atomic E-state index is 12.2. The number of likely N-dealkylation sites (N-methyl/N-ethyl adjacent to an activating group) is 1. The molecule has 1 unspecified atom stereocenters. The summed E-state index contributed by atoms with van der Waals surface area (Å²) >= 11 is 0. The number of carbonyl (C=O) groups excluding carboxylic acids is 1. The van der Waals surface area contributed by atoms with Crippen LogP contribution in [0.3, 0.4) is 0 Å². The lowest BCUT2D eigenvalue weighted by Gasteiger charge is -2.22. The lowest BCUT2D eigenvalue weighted by Crippen LogP contribution is -2.51. The molecular formula is C19H20N2O4. The average Bonchev–Trinajstić information content (AvgIpc) is 2.93. The molecule has 1 aliphatic carbocycles. The summed E-state index contributed by atoms with van der Waals surface area (Å²) in [4.78, 5) is 23.6. The van der Waals surface area contributed by atoms with Crippen LogP contribution in [0.5, 0.6) is 0 Å². The van der Waals surface area contributed by atoms with E-state index in [2.05, 4.69) is 0 Å². The van der Waals surface area contributed by atoms with Gasteiger partial charge in [0.25, 0.3) is 0 Å². The van der Waals surface area contributed by atoms with E-state index in [4.69, 9.17) is 10.6 Å². The van der Waals surface area contributed by atoms with Crippen molar-refractivity contribution in [3.05, 3.63) is 59.7 Å².